The van der Waals surface area contributed by atoms with Crippen molar-refractivity contribution >= 4 is 6.03 Å². The highest BCUT2D eigenvalue weighted by Crippen LogP contribution is 2.26. The second-order valence-corrected chi connectivity index (χ2v) is 7.30. The van der Waals surface area contributed by atoms with E-state index < -0.39 is 0 Å². The Morgan fingerprint density at radius 3 is 2.44 bits per heavy atom. The highest BCUT2D eigenvalue weighted by Gasteiger charge is 2.23. The molecular formula is C23H25N3O. The molecule has 4 rings (SSSR count). The Labute approximate surface area is 160 Å². The quantitative estimate of drug-likeness (QED) is 0.624. The fourth-order valence-corrected chi connectivity index (χ4v) is 3.87. The minimum Gasteiger partial charge on any atom is -0.324 e. The molecule has 0 radical (unpaired) electrons. The molecule has 2 aromatic carbocycles. The van der Waals surface area contributed by atoms with Crippen LogP contribution in [-0.2, 0) is 0 Å². The van der Waals surface area contributed by atoms with Crippen molar-refractivity contribution < 1.29 is 4.79 Å². The van der Waals surface area contributed by atoms with Gasteiger partial charge >= 0.3 is 6.03 Å². The lowest BCUT2D eigenvalue weighted by Gasteiger charge is -2.31. The lowest BCUT2D eigenvalue weighted by molar-refractivity contribution is 0.175. The Morgan fingerprint density at radius 2 is 1.67 bits per heavy atom. The van der Waals surface area contributed by atoms with E-state index in [-0.39, 0.29) is 6.03 Å². The molecule has 3 aromatic rings. The molecule has 0 bridgehead atoms. The molecule has 1 aromatic heterocycles. The highest BCUT2D eigenvalue weighted by molar-refractivity contribution is 5.79. The van der Waals surface area contributed by atoms with Gasteiger partial charge in [0.05, 0.1) is 5.69 Å². The Balaban J connectivity index is 1.55. The van der Waals surface area contributed by atoms with Gasteiger partial charge in [-0.25, -0.2) is 9.78 Å². The number of hydrogen-bond donors (Lipinski definition) is 0. The van der Waals surface area contributed by atoms with Crippen LogP contribution in [0, 0.1) is 0 Å². The first kappa shape index (κ1) is 17.5. The molecule has 0 spiro atoms. The van der Waals surface area contributed by atoms with Crippen molar-refractivity contribution in [2.45, 2.75) is 38.1 Å². The maximum atomic E-state index is 12.8. The van der Waals surface area contributed by atoms with Gasteiger partial charge < -0.3 is 4.90 Å². The standard InChI is InChI=1S/C23H25N3O/c1-25(21-13-6-3-7-14-21)23(27)26-16-22(24-17-26)20-12-8-11-19(15-20)18-9-4-2-5-10-18/h2,4-5,8-12,15-17,21H,3,6-7,13-14H2,1H3. The second kappa shape index (κ2) is 7.78. The van der Waals surface area contributed by atoms with Gasteiger partial charge in [0.2, 0.25) is 0 Å². The first-order chi connectivity index (χ1) is 13.2. The zero-order chi connectivity index (χ0) is 18.6. The lowest BCUT2D eigenvalue weighted by Crippen LogP contribution is -2.40. The van der Waals surface area contributed by atoms with Gasteiger partial charge in [0.1, 0.15) is 6.33 Å². The zero-order valence-corrected chi connectivity index (χ0v) is 15.7. The molecular weight excluding hydrogens is 334 g/mol. The van der Waals surface area contributed by atoms with Crippen molar-refractivity contribution in [2.24, 2.45) is 0 Å². The van der Waals surface area contributed by atoms with Gasteiger partial charge in [-0.2, -0.15) is 0 Å². The van der Waals surface area contributed by atoms with E-state index >= 15 is 0 Å². The van der Waals surface area contributed by atoms with Crippen LogP contribution in [-0.4, -0.2) is 33.6 Å². The van der Waals surface area contributed by atoms with Gasteiger partial charge in [0, 0.05) is 24.8 Å². The number of nitrogens with zero attached hydrogens (tertiary/aromatic N) is 3. The maximum absolute atomic E-state index is 12.8. The molecule has 1 fully saturated rings. The summed E-state index contributed by atoms with van der Waals surface area (Å²) >= 11 is 0. The molecule has 138 valence electrons. The first-order valence-electron chi connectivity index (χ1n) is 9.69. The third-order valence-electron chi connectivity index (χ3n) is 5.49. The maximum Gasteiger partial charge on any atom is 0.329 e. The van der Waals surface area contributed by atoms with E-state index in [1.165, 1.54) is 24.8 Å². The number of benzene rings is 2. The summed E-state index contributed by atoms with van der Waals surface area (Å²) in [4.78, 5) is 19.2. The van der Waals surface area contributed by atoms with Gasteiger partial charge in [-0.15, -0.1) is 0 Å². The molecule has 0 N–H and O–H groups in total. The normalized spacial score (nSPS) is 14.9. The summed E-state index contributed by atoms with van der Waals surface area (Å²) in [5.41, 5.74) is 4.15. The van der Waals surface area contributed by atoms with Crippen LogP contribution in [0.3, 0.4) is 0 Å². The van der Waals surface area contributed by atoms with E-state index in [9.17, 15) is 4.79 Å². The third-order valence-corrected chi connectivity index (χ3v) is 5.49. The van der Waals surface area contributed by atoms with E-state index in [4.69, 9.17) is 0 Å². The van der Waals surface area contributed by atoms with Crippen molar-refractivity contribution in [1.29, 1.82) is 0 Å². The predicted octanol–water partition coefficient (Wildman–Crippen LogP) is 5.45. The molecule has 27 heavy (non-hydrogen) atoms. The summed E-state index contributed by atoms with van der Waals surface area (Å²) < 4.78 is 1.61. The van der Waals surface area contributed by atoms with Gasteiger partial charge in [-0.05, 0) is 30.0 Å². The van der Waals surface area contributed by atoms with Crippen LogP contribution >= 0.6 is 0 Å². The summed E-state index contributed by atoms with van der Waals surface area (Å²) in [5, 5.41) is 0. The molecule has 1 heterocycles. The Morgan fingerprint density at radius 1 is 0.963 bits per heavy atom. The molecule has 0 aliphatic heterocycles. The van der Waals surface area contributed by atoms with Crippen LogP contribution in [0.25, 0.3) is 22.4 Å². The van der Waals surface area contributed by atoms with Crippen LogP contribution in [0.2, 0.25) is 0 Å². The molecule has 0 atom stereocenters. The Bertz CT molecular complexity index is 910. The van der Waals surface area contributed by atoms with Crippen LogP contribution in [0.1, 0.15) is 32.1 Å². The Kier molecular flexibility index (Phi) is 5.05. The fourth-order valence-electron chi connectivity index (χ4n) is 3.87. The average molecular weight is 359 g/mol. The fraction of sp³-hybridized carbons (Fsp3) is 0.304. The molecule has 0 unspecified atom stereocenters. The van der Waals surface area contributed by atoms with Crippen molar-refractivity contribution in [3.8, 4) is 22.4 Å². The van der Waals surface area contributed by atoms with E-state index in [1.807, 2.05) is 48.5 Å². The number of imidazole rings is 1. The third kappa shape index (κ3) is 3.80. The molecule has 1 aliphatic carbocycles. The van der Waals surface area contributed by atoms with Crippen LogP contribution in [0.4, 0.5) is 4.79 Å². The minimum atomic E-state index is -0.000126. The monoisotopic (exact) mass is 359 g/mol. The van der Waals surface area contributed by atoms with Crippen molar-refractivity contribution in [3.63, 3.8) is 0 Å². The molecule has 4 heteroatoms. The number of hydrogen-bond acceptors (Lipinski definition) is 2. The number of carbonyl (C=O) groups excluding carboxylic acids is 1. The summed E-state index contributed by atoms with van der Waals surface area (Å²) in [7, 11) is 1.91. The van der Waals surface area contributed by atoms with Crippen molar-refractivity contribution in [1.82, 2.24) is 14.5 Å². The lowest BCUT2D eigenvalue weighted by atomic mass is 9.95. The van der Waals surface area contributed by atoms with Gasteiger partial charge in [-0.1, -0.05) is 67.8 Å². The van der Waals surface area contributed by atoms with E-state index in [0.29, 0.717) is 6.04 Å². The highest BCUT2D eigenvalue weighted by atomic mass is 16.2. The van der Waals surface area contributed by atoms with Gasteiger partial charge in [0.15, 0.2) is 0 Å². The second-order valence-electron chi connectivity index (χ2n) is 7.30. The average Bonchev–Trinajstić information content (AvgIpc) is 3.24. The van der Waals surface area contributed by atoms with Crippen LogP contribution < -0.4 is 0 Å². The molecule has 1 aliphatic rings. The number of amides is 1. The summed E-state index contributed by atoms with van der Waals surface area (Å²) in [6, 6.07) is 18.9. The summed E-state index contributed by atoms with van der Waals surface area (Å²) in [6.07, 6.45) is 9.38. The first-order valence-corrected chi connectivity index (χ1v) is 9.69. The number of rotatable bonds is 3. The van der Waals surface area contributed by atoms with Crippen LogP contribution in [0.5, 0.6) is 0 Å². The number of aromatic nitrogens is 2. The SMILES string of the molecule is CN(C(=O)n1cnc(-c2cccc(-c3ccccc3)c2)c1)C1CCCCC1. The molecule has 4 nitrogen and oxygen atoms in total. The topological polar surface area (TPSA) is 38.1 Å². The molecule has 1 amide bonds. The van der Waals surface area contributed by atoms with Crippen molar-refractivity contribution in [3.05, 3.63) is 67.1 Å². The summed E-state index contributed by atoms with van der Waals surface area (Å²) in [5.74, 6) is 0. The molecule has 1 saturated carbocycles. The zero-order valence-electron chi connectivity index (χ0n) is 15.7. The van der Waals surface area contributed by atoms with E-state index in [1.54, 1.807) is 10.9 Å². The Hall–Kier alpha value is -2.88. The largest absolute Gasteiger partial charge is 0.329 e. The van der Waals surface area contributed by atoms with Gasteiger partial charge in [-0.3, -0.25) is 4.57 Å². The van der Waals surface area contributed by atoms with Crippen molar-refractivity contribution in [2.75, 3.05) is 7.05 Å². The van der Waals surface area contributed by atoms with Gasteiger partial charge in [0.25, 0.3) is 0 Å². The summed E-state index contributed by atoms with van der Waals surface area (Å²) in [6.45, 7) is 0. The smallest absolute Gasteiger partial charge is 0.324 e. The predicted molar refractivity (Wildman–Crippen MR) is 109 cm³/mol. The van der Waals surface area contributed by atoms with Crippen LogP contribution in [0.15, 0.2) is 67.1 Å². The minimum absolute atomic E-state index is 0.000126. The number of carbonyl (C=O) groups is 1. The van der Waals surface area contributed by atoms with E-state index in [0.717, 1.165) is 29.7 Å². The van der Waals surface area contributed by atoms with E-state index in [2.05, 4.69) is 29.2 Å². The molecule has 0 saturated heterocycles.